The first-order chi connectivity index (χ1) is 7.72. The minimum absolute atomic E-state index is 0.120. The Hall–Kier alpha value is -1.85. The topological polar surface area (TPSA) is 84.0 Å². The van der Waals surface area contributed by atoms with Crippen molar-refractivity contribution in [3.63, 3.8) is 0 Å². The van der Waals surface area contributed by atoms with Crippen LogP contribution in [0.25, 0.3) is 5.69 Å². The number of aromatic amines is 1. The number of aromatic nitrogens is 2. The summed E-state index contributed by atoms with van der Waals surface area (Å²) in [5.41, 5.74) is 7.04. The molecule has 0 bridgehead atoms. The summed E-state index contributed by atoms with van der Waals surface area (Å²) in [6.07, 6.45) is 3.22. The predicted molar refractivity (Wildman–Crippen MR) is 60.4 cm³/mol. The van der Waals surface area contributed by atoms with Crippen LogP contribution in [0.15, 0.2) is 41.5 Å². The molecule has 84 valence electrons. The Balaban J connectivity index is 2.44. The van der Waals surface area contributed by atoms with Crippen LogP contribution < -0.4 is 11.4 Å². The molecule has 0 aliphatic heterocycles. The van der Waals surface area contributed by atoms with Crippen LogP contribution in [0.5, 0.6) is 0 Å². The lowest BCUT2D eigenvalue weighted by Gasteiger charge is -2.10. The molecular weight excluding hydrogens is 206 g/mol. The van der Waals surface area contributed by atoms with Crippen LogP contribution in [0.4, 0.5) is 0 Å². The van der Waals surface area contributed by atoms with Crippen LogP contribution in [0, 0.1) is 0 Å². The zero-order valence-electron chi connectivity index (χ0n) is 8.63. The molecule has 16 heavy (non-hydrogen) atoms. The third-order valence-electron chi connectivity index (χ3n) is 2.42. The fourth-order valence-corrected chi connectivity index (χ4v) is 1.53. The first-order valence-corrected chi connectivity index (χ1v) is 4.95. The average Bonchev–Trinajstić information content (AvgIpc) is 2.74. The lowest BCUT2D eigenvalue weighted by Crippen LogP contribution is -2.17. The van der Waals surface area contributed by atoms with Gasteiger partial charge >= 0.3 is 5.69 Å². The van der Waals surface area contributed by atoms with Crippen molar-refractivity contribution in [2.75, 3.05) is 6.61 Å². The number of aliphatic hydroxyl groups is 1. The standard InChI is InChI=1S/C11H13N3O2/c12-10(7-15)8-2-1-3-9(6-8)14-5-4-13-11(14)16/h1-6,10,15H,7,12H2,(H,13,16). The summed E-state index contributed by atoms with van der Waals surface area (Å²) in [4.78, 5) is 14.0. The summed E-state index contributed by atoms with van der Waals surface area (Å²) in [5, 5.41) is 8.96. The highest BCUT2D eigenvalue weighted by molar-refractivity contribution is 5.37. The molecule has 4 N–H and O–H groups in total. The Labute approximate surface area is 92.2 Å². The molecule has 0 aliphatic rings. The maximum atomic E-state index is 11.4. The number of nitrogens with zero attached hydrogens (tertiary/aromatic N) is 1. The number of hydrogen-bond donors (Lipinski definition) is 3. The number of rotatable bonds is 3. The predicted octanol–water partition coefficient (Wildman–Crippen LogP) is 0.158. The molecule has 1 heterocycles. The Kier molecular flexibility index (Phi) is 2.89. The zero-order chi connectivity index (χ0) is 11.5. The second kappa shape index (κ2) is 4.34. The Bertz CT molecular complexity index is 530. The van der Waals surface area contributed by atoms with Crippen LogP contribution in [0.1, 0.15) is 11.6 Å². The van der Waals surface area contributed by atoms with E-state index in [4.69, 9.17) is 10.8 Å². The first-order valence-electron chi connectivity index (χ1n) is 4.95. The molecule has 1 aromatic carbocycles. The van der Waals surface area contributed by atoms with Gasteiger partial charge in [0.15, 0.2) is 0 Å². The second-order valence-corrected chi connectivity index (χ2v) is 3.52. The normalized spacial score (nSPS) is 12.6. The minimum Gasteiger partial charge on any atom is -0.394 e. The van der Waals surface area contributed by atoms with Crippen molar-refractivity contribution in [3.8, 4) is 5.69 Å². The van der Waals surface area contributed by atoms with Crippen molar-refractivity contribution < 1.29 is 5.11 Å². The third kappa shape index (κ3) is 1.91. The van der Waals surface area contributed by atoms with Crippen LogP contribution in [-0.2, 0) is 0 Å². The SMILES string of the molecule is NC(CO)c1cccc(-n2cc[nH]c2=O)c1. The van der Waals surface area contributed by atoms with Gasteiger partial charge in [-0.1, -0.05) is 12.1 Å². The van der Waals surface area contributed by atoms with Gasteiger partial charge < -0.3 is 15.8 Å². The van der Waals surface area contributed by atoms with Crippen molar-refractivity contribution in [1.29, 1.82) is 0 Å². The summed E-state index contributed by atoms with van der Waals surface area (Å²) in [6.45, 7) is -0.120. The van der Waals surface area contributed by atoms with Gasteiger partial charge in [-0.15, -0.1) is 0 Å². The molecule has 0 saturated carbocycles. The molecule has 2 rings (SSSR count). The number of nitrogens with two attached hydrogens (primary N) is 1. The fraction of sp³-hybridized carbons (Fsp3) is 0.182. The van der Waals surface area contributed by atoms with Gasteiger partial charge in [0.1, 0.15) is 0 Å². The quantitative estimate of drug-likeness (QED) is 0.687. The lowest BCUT2D eigenvalue weighted by atomic mass is 10.1. The number of aliphatic hydroxyl groups excluding tert-OH is 1. The van der Waals surface area contributed by atoms with Gasteiger partial charge in [-0.05, 0) is 17.7 Å². The smallest absolute Gasteiger partial charge is 0.330 e. The largest absolute Gasteiger partial charge is 0.394 e. The van der Waals surface area contributed by atoms with Gasteiger partial charge in [-0.25, -0.2) is 4.79 Å². The fourth-order valence-electron chi connectivity index (χ4n) is 1.53. The molecule has 0 fully saturated rings. The van der Waals surface area contributed by atoms with E-state index in [0.29, 0.717) is 0 Å². The van der Waals surface area contributed by atoms with Gasteiger partial charge in [0.2, 0.25) is 0 Å². The molecule has 0 spiro atoms. The van der Waals surface area contributed by atoms with Crippen molar-refractivity contribution in [1.82, 2.24) is 9.55 Å². The number of nitrogens with one attached hydrogen (secondary N) is 1. The highest BCUT2D eigenvalue weighted by Crippen LogP contribution is 2.13. The summed E-state index contributed by atoms with van der Waals surface area (Å²) in [6, 6.07) is 6.80. The van der Waals surface area contributed by atoms with E-state index < -0.39 is 6.04 Å². The summed E-state index contributed by atoms with van der Waals surface area (Å²) in [7, 11) is 0. The van der Waals surface area contributed by atoms with Gasteiger partial charge in [-0.3, -0.25) is 4.57 Å². The van der Waals surface area contributed by atoms with Crippen molar-refractivity contribution in [2.24, 2.45) is 5.73 Å². The van der Waals surface area contributed by atoms with E-state index in [1.165, 1.54) is 4.57 Å². The summed E-state index contributed by atoms with van der Waals surface area (Å²) < 4.78 is 1.48. The van der Waals surface area contributed by atoms with Crippen molar-refractivity contribution in [3.05, 3.63) is 52.7 Å². The van der Waals surface area contributed by atoms with Gasteiger partial charge in [0, 0.05) is 12.4 Å². The molecule has 1 aromatic heterocycles. The summed E-state index contributed by atoms with van der Waals surface area (Å²) >= 11 is 0. The molecule has 0 amide bonds. The number of hydrogen-bond acceptors (Lipinski definition) is 3. The van der Waals surface area contributed by atoms with E-state index in [0.717, 1.165) is 11.3 Å². The van der Waals surface area contributed by atoms with Crippen LogP contribution >= 0.6 is 0 Å². The zero-order valence-corrected chi connectivity index (χ0v) is 8.63. The van der Waals surface area contributed by atoms with Crippen LogP contribution in [0.2, 0.25) is 0 Å². The molecule has 5 nitrogen and oxygen atoms in total. The van der Waals surface area contributed by atoms with Gasteiger partial charge in [0.05, 0.1) is 18.3 Å². The Morgan fingerprint density at radius 1 is 1.50 bits per heavy atom. The van der Waals surface area contributed by atoms with E-state index in [-0.39, 0.29) is 12.3 Å². The molecule has 5 heteroatoms. The van der Waals surface area contributed by atoms with E-state index in [1.54, 1.807) is 24.5 Å². The van der Waals surface area contributed by atoms with Crippen LogP contribution in [0.3, 0.4) is 0 Å². The number of imidazole rings is 1. The van der Waals surface area contributed by atoms with E-state index >= 15 is 0 Å². The monoisotopic (exact) mass is 219 g/mol. The number of benzene rings is 1. The van der Waals surface area contributed by atoms with E-state index in [2.05, 4.69) is 4.98 Å². The molecule has 0 radical (unpaired) electrons. The lowest BCUT2D eigenvalue weighted by molar-refractivity contribution is 0.268. The van der Waals surface area contributed by atoms with Crippen molar-refractivity contribution >= 4 is 0 Å². The molecule has 0 saturated heterocycles. The maximum absolute atomic E-state index is 11.4. The Morgan fingerprint density at radius 3 is 2.94 bits per heavy atom. The first kappa shape index (κ1) is 10.7. The maximum Gasteiger partial charge on any atom is 0.330 e. The third-order valence-corrected chi connectivity index (χ3v) is 2.42. The molecule has 0 aliphatic carbocycles. The van der Waals surface area contributed by atoms with E-state index in [9.17, 15) is 4.79 Å². The van der Waals surface area contributed by atoms with Gasteiger partial charge in [-0.2, -0.15) is 0 Å². The minimum atomic E-state index is -0.422. The molecule has 1 unspecified atom stereocenters. The molecular formula is C11H13N3O2. The summed E-state index contributed by atoms with van der Waals surface area (Å²) in [5.74, 6) is 0. The van der Waals surface area contributed by atoms with Crippen molar-refractivity contribution in [2.45, 2.75) is 6.04 Å². The second-order valence-electron chi connectivity index (χ2n) is 3.52. The highest BCUT2D eigenvalue weighted by atomic mass is 16.3. The Morgan fingerprint density at radius 2 is 2.31 bits per heavy atom. The van der Waals surface area contributed by atoms with Gasteiger partial charge in [0.25, 0.3) is 0 Å². The molecule has 1 atom stereocenters. The average molecular weight is 219 g/mol. The highest BCUT2D eigenvalue weighted by Gasteiger charge is 2.06. The number of H-pyrrole nitrogens is 1. The molecule has 2 aromatic rings. The van der Waals surface area contributed by atoms with E-state index in [1.807, 2.05) is 12.1 Å². The van der Waals surface area contributed by atoms with Crippen LogP contribution in [-0.4, -0.2) is 21.3 Å².